The molecular weight excluding hydrogens is 340 g/mol. The van der Waals surface area contributed by atoms with Crippen molar-refractivity contribution < 1.29 is 9.15 Å². The Morgan fingerprint density at radius 3 is 2.78 bits per heavy atom. The third-order valence-electron chi connectivity index (χ3n) is 4.85. The first-order valence-electron chi connectivity index (χ1n) is 9.45. The fourth-order valence-corrected chi connectivity index (χ4v) is 3.42. The lowest BCUT2D eigenvalue weighted by Gasteiger charge is -2.26. The number of rotatable bonds is 7. The highest BCUT2D eigenvalue weighted by molar-refractivity contribution is 5.56. The number of nitrogens with one attached hydrogen (secondary N) is 2. The van der Waals surface area contributed by atoms with Gasteiger partial charge in [0.25, 0.3) is 0 Å². The summed E-state index contributed by atoms with van der Waals surface area (Å²) in [4.78, 5) is 2.44. The van der Waals surface area contributed by atoms with E-state index in [9.17, 15) is 0 Å². The van der Waals surface area contributed by atoms with Crippen LogP contribution in [0.1, 0.15) is 22.5 Å². The summed E-state index contributed by atoms with van der Waals surface area (Å²) in [7, 11) is 0. The van der Waals surface area contributed by atoms with E-state index >= 15 is 0 Å². The number of furan rings is 1. The van der Waals surface area contributed by atoms with Gasteiger partial charge in [-0.1, -0.05) is 24.3 Å². The zero-order valence-electron chi connectivity index (χ0n) is 15.7. The number of H-pyrrole nitrogens is 1. The standard InChI is InChI=1S/C21H26N4O2/c1-16-5-6-20(27-16)21-19(14-23-24-21)13-22-12-17-3-2-4-18(11-17)15-25-7-9-26-10-8-25/h2-6,11,14,22H,7-10,12-13,15H2,1H3,(H,23,24). The molecule has 1 aliphatic rings. The molecule has 0 amide bonds. The summed E-state index contributed by atoms with van der Waals surface area (Å²) < 4.78 is 11.1. The fourth-order valence-electron chi connectivity index (χ4n) is 3.42. The smallest absolute Gasteiger partial charge is 0.152 e. The van der Waals surface area contributed by atoms with Crippen molar-refractivity contribution in [3.8, 4) is 11.5 Å². The van der Waals surface area contributed by atoms with Gasteiger partial charge in [-0.2, -0.15) is 5.10 Å². The number of benzene rings is 1. The lowest BCUT2D eigenvalue weighted by Crippen LogP contribution is -2.35. The fraction of sp³-hybridized carbons (Fsp3) is 0.381. The van der Waals surface area contributed by atoms with E-state index in [1.54, 1.807) is 0 Å². The van der Waals surface area contributed by atoms with Crippen molar-refractivity contribution >= 4 is 0 Å². The maximum Gasteiger partial charge on any atom is 0.152 e. The van der Waals surface area contributed by atoms with E-state index in [1.165, 1.54) is 11.1 Å². The van der Waals surface area contributed by atoms with Gasteiger partial charge in [0.2, 0.25) is 0 Å². The Labute approximate surface area is 159 Å². The molecule has 2 aromatic heterocycles. The number of aryl methyl sites for hydroxylation is 1. The van der Waals surface area contributed by atoms with Gasteiger partial charge >= 0.3 is 0 Å². The molecule has 1 aliphatic heterocycles. The van der Waals surface area contributed by atoms with E-state index in [0.717, 1.165) is 68.7 Å². The number of aromatic nitrogens is 2. The molecule has 0 bridgehead atoms. The molecule has 1 saturated heterocycles. The Morgan fingerprint density at radius 1 is 1.11 bits per heavy atom. The van der Waals surface area contributed by atoms with E-state index in [-0.39, 0.29) is 0 Å². The second-order valence-corrected chi connectivity index (χ2v) is 6.99. The minimum atomic E-state index is 0.735. The van der Waals surface area contributed by atoms with Gasteiger partial charge in [0.1, 0.15) is 11.5 Å². The maximum absolute atomic E-state index is 5.71. The summed E-state index contributed by atoms with van der Waals surface area (Å²) in [5.74, 6) is 1.73. The minimum absolute atomic E-state index is 0.735. The van der Waals surface area contributed by atoms with Gasteiger partial charge in [-0.3, -0.25) is 10.00 Å². The van der Waals surface area contributed by atoms with Crippen LogP contribution in [0.4, 0.5) is 0 Å². The Morgan fingerprint density at radius 2 is 1.96 bits per heavy atom. The van der Waals surface area contributed by atoms with Gasteiger partial charge in [0, 0.05) is 38.3 Å². The molecule has 27 heavy (non-hydrogen) atoms. The molecule has 0 radical (unpaired) electrons. The predicted molar refractivity (Wildman–Crippen MR) is 104 cm³/mol. The van der Waals surface area contributed by atoms with Crippen LogP contribution in [-0.2, 0) is 24.4 Å². The van der Waals surface area contributed by atoms with E-state index in [4.69, 9.17) is 9.15 Å². The summed E-state index contributed by atoms with van der Waals surface area (Å²) in [6.45, 7) is 8.18. The molecule has 2 N–H and O–H groups in total. The molecule has 0 aliphatic carbocycles. The van der Waals surface area contributed by atoms with Crippen LogP contribution in [0.15, 0.2) is 47.0 Å². The van der Waals surface area contributed by atoms with Crippen LogP contribution < -0.4 is 5.32 Å². The monoisotopic (exact) mass is 366 g/mol. The highest BCUT2D eigenvalue weighted by Crippen LogP contribution is 2.23. The molecule has 6 heteroatoms. The lowest BCUT2D eigenvalue weighted by atomic mass is 10.1. The molecule has 142 valence electrons. The highest BCUT2D eigenvalue weighted by Gasteiger charge is 2.12. The number of aromatic amines is 1. The average Bonchev–Trinajstić information content (AvgIpc) is 3.32. The van der Waals surface area contributed by atoms with E-state index in [0.29, 0.717) is 0 Å². The minimum Gasteiger partial charge on any atom is -0.460 e. The lowest BCUT2D eigenvalue weighted by molar-refractivity contribution is 0.0342. The molecule has 1 aromatic carbocycles. The molecule has 0 saturated carbocycles. The summed E-state index contributed by atoms with van der Waals surface area (Å²) >= 11 is 0. The van der Waals surface area contributed by atoms with Crippen LogP contribution in [0, 0.1) is 6.92 Å². The van der Waals surface area contributed by atoms with Crippen molar-refractivity contribution in [1.29, 1.82) is 0 Å². The summed E-state index contributed by atoms with van der Waals surface area (Å²) in [5.41, 5.74) is 4.69. The van der Waals surface area contributed by atoms with Crippen LogP contribution in [-0.4, -0.2) is 41.4 Å². The summed E-state index contributed by atoms with van der Waals surface area (Å²) in [5, 5.41) is 10.7. The van der Waals surface area contributed by atoms with Gasteiger partial charge < -0.3 is 14.5 Å². The molecule has 3 heterocycles. The maximum atomic E-state index is 5.71. The SMILES string of the molecule is Cc1ccc(-c2[nH]ncc2CNCc2cccc(CN3CCOCC3)c2)o1. The van der Waals surface area contributed by atoms with Gasteiger partial charge in [-0.25, -0.2) is 0 Å². The quantitative estimate of drug-likeness (QED) is 0.673. The van der Waals surface area contributed by atoms with Crippen molar-refractivity contribution in [2.45, 2.75) is 26.6 Å². The van der Waals surface area contributed by atoms with Gasteiger partial charge in [0.05, 0.1) is 19.4 Å². The van der Waals surface area contributed by atoms with Crippen LogP contribution in [0.3, 0.4) is 0 Å². The number of ether oxygens (including phenoxy) is 1. The number of nitrogens with zero attached hydrogens (tertiary/aromatic N) is 2. The van der Waals surface area contributed by atoms with E-state index < -0.39 is 0 Å². The van der Waals surface area contributed by atoms with Crippen molar-refractivity contribution in [2.24, 2.45) is 0 Å². The number of hydrogen-bond acceptors (Lipinski definition) is 5. The van der Waals surface area contributed by atoms with Gasteiger partial charge in [-0.15, -0.1) is 0 Å². The Balaban J connectivity index is 1.33. The topological polar surface area (TPSA) is 66.3 Å². The van der Waals surface area contributed by atoms with Crippen molar-refractivity contribution in [3.63, 3.8) is 0 Å². The third kappa shape index (κ3) is 4.66. The number of morpholine rings is 1. The first-order valence-corrected chi connectivity index (χ1v) is 9.45. The largest absolute Gasteiger partial charge is 0.460 e. The predicted octanol–water partition coefficient (Wildman–Crippen LogP) is 3.10. The second kappa shape index (κ2) is 8.52. The zero-order chi connectivity index (χ0) is 18.5. The van der Waals surface area contributed by atoms with Crippen molar-refractivity contribution in [2.75, 3.05) is 26.3 Å². The molecule has 1 fully saturated rings. The van der Waals surface area contributed by atoms with Crippen LogP contribution in [0.25, 0.3) is 11.5 Å². The molecule has 4 rings (SSSR count). The Hall–Kier alpha value is -2.41. The summed E-state index contributed by atoms with van der Waals surface area (Å²) in [6, 6.07) is 12.7. The normalized spacial score (nSPS) is 15.3. The van der Waals surface area contributed by atoms with Crippen LogP contribution in [0.5, 0.6) is 0 Å². The molecule has 0 unspecified atom stereocenters. The average molecular weight is 366 g/mol. The zero-order valence-corrected chi connectivity index (χ0v) is 15.7. The molecule has 0 atom stereocenters. The molecular formula is C21H26N4O2. The van der Waals surface area contributed by atoms with Gasteiger partial charge in [0.15, 0.2) is 5.76 Å². The second-order valence-electron chi connectivity index (χ2n) is 6.99. The van der Waals surface area contributed by atoms with E-state index in [1.807, 2.05) is 25.3 Å². The first kappa shape index (κ1) is 18.0. The molecule has 6 nitrogen and oxygen atoms in total. The van der Waals surface area contributed by atoms with Crippen molar-refractivity contribution in [3.05, 3.63) is 65.0 Å². The summed E-state index contributed by atoms with van der Waals surface area (Å²) in [6.07, 6.45) is 1.86. The Kier molecular flexibility index (Phi) is 5.67. The van der Waals surface area contributed by atoms with E-state index in [2.05, 4.69) is 44.7 Å². The van der Waals surface area contributed by atoms with Crippen LogP contribution >= 0.6 is 0 Å². The third-order valence-corrected chi connectivity index (χ3v) is 4.85. The van der Waals surface area contributed by atoms with Crippen LogP contribution in [0.2, 0.25) is 0 Å². The molecule has 0 spiro atoms. The molecule has 3 aromatic rings. The van der Waals surface area contributed by atoms with Crippen molar-refractivity contribution in [1.82, 2.24) is 20.4 Å². The van der Waals surface area contributed by atoms with Gasteiger partial charge in [-0.05, 0) is 30.2 Å². The first-order chi connectivity index (χ1) is 13.3. The number of hydrogen-bond donors (Lipinski definition) is 2. The highest BCUT2D eigenvalue weighted by atomic mass is 16.5. The Bertz CT molecular complexity index is 864.